The van der Waals surface area contributed by atoms with E-state index in [0.29, 0.717) is 17.6 Å². The second kappa shape index (κ2) is 8.32. The minimum atomic E-state index is -2.96. The summed E-state index contributed by atoms with van der Waals surface area (Å²) in [6, 6.07) is 2.55. The highest BCUT2D eigenvalue weighted by Gasteiger charge is 2.52. The summed E-state index contributed by atoms with van der Waals surface area (Å²) >= 11 is 2.91. The van der Waals surface area contributed by atoms with Gasteiger partial charge >= 0.3 is 6.61 Å². The molecular weight excluding hydrogens is 448 g/mol. The van der Waals surface area contributed by atoms with Crippen molar-refractivity contribution in [2.24, 2.45) is 16.6 Å². The van der Waals surface area contributed by atoms with Crippen LogP contribution in [0.3, 0.4) is 0 Å². The molecule has 0 bridgehead atoms. The van der Waals surface area contributed by atoms with Crippen molar-refractivity contribution in [2.45, 2.75) is 38.0 Å². The molecule has 1 fully saturated rings. The molecule has 3 N–H and O–H groups in total. The molecule has 166 valence electrons. The van der Waals surface area contributed by atoms with E-state index in [0.717, 1.165) is 23.4 Å². The number of amidine groups is 1. The molecule has 2 aliphatic heterocycles. The fourth-order valence-corrected chi connectivity index (χ4v) is 5.62. The Hall–Kier alpha value is -2.31. The molecule has 2 aromatic rings. The number of aliphatic imine (C=N–C) groups is 1. The molecule has 2 aromatic heterocycles. The van der Waals surface area contributed by atoms with Crippen LogP contribution < -0.4 is 15.8 Å². The SMILES string of the molecule is CC1(C)C[C@@H]2CSC(N)=N[C@]2(c2nc(NC(=O)c3ccc(OC(F)F)cn3)cs2)CO1. The van der Waals surface area contributed by atoms with E-state index in [-0.39, 0.29) is 23.0 Å². The van der Waals surface area contributed by atoms with Crippen LogP contribution in [-0.2, 0) is 10.3 Å². The minimum Gasteiger partial charge on any atom is -0.433 e. The van der Waals surface area contributed by atoms with Crippen molar-refractivity contribution < 1.29 is 23.0 Å². The average molecular weight is 470 g/mol. The van der Waals surface area contributed by atoms with E-state index in [9.17, 15) is 13.6 Å². The third kappa shape index (κ3) is 4.65. The summed E-state index contributed by atoms with van der Waals surface area (Å²) in [4.78, 5) is 25.7. The lowest BCUT2D eigenvalue weighted by Crippen LogP contribution is -2.52. The lowest BCUT2D eigenvalue weighted by atomic mass is 9.77. The van der Waals surface area contributed by atoms with Crippen molar-refractivity contribution in [1.29, 1.82) is 0 Å². The quantitative estimate of drug-likeness (QED) is 0.690. The molecule has 0 spiro atoms. The van der Waals surface area contributed by atoms with Gasteiger partial charge in [0.2, 0.25) is 0 Å². The van der Waals surface area contributed by atoms with E-state index in [4.69, 9.17) is 15.5 Å². The van der Waals surface area contributed by atoms with Gasteiger partial charge in [-0.2, -0.15) is 8.78 Å². The number of hydrogen-bond acceptors (Lipinski definition) is 9. The number of fused-ring (bicyclic) bond motifs is 1. The van der Waals surface area contributed by atoms with Crippen LogP contribution in [0.1, 0.15) is 35.8 Å². The van der Waals surface area contributed by atoms with Gasteiger partial charge in [0.05, 0.1) is 18.4 Å². The van der Waals surface area contributed by atoms with Gasteiger partial charge in [-0.05, 0) is 32.4 Å². The molecule has 0 saturated carbocycles. The molecule has 8 nitrogen and oxygen atoms in total. The number of nitrogens with zero attached hydrogens (tertiary/aromatic N) is 3. The number of amides is 1. The van der Waals surface area contributed by atoms with Crippen LogP contribution in [0.5, 0.6) is 5.75 Å². The number of aromatic nitrogens is 2. The average Bonchev–Trinajstić information content (AvgIpc) is 3.17. The number of carbonyl (C=O) groups is 1. The highest BCUT2D eigenvalue weighted by Crippen LogP contribution is 2.49. The number of thiazole rings is 1. The summed E-state index contributed by atoms with van der Waals surface area (Å²) in [6.45, 7) is 1.52. The molecule has 4 heterocycles. The van der Waals surface area contributed by atoms with E-state index < -0.39 is 18.1 Å². The number of hydrogen-bond donors (Lipinski definition) is 2. The first kappa shape index (κ1) is 21.9. The smallest absolute Gasteiger partial charge is 0.387 e. The first-order valence-electron chi connectivity index (χ1n) is 9.47. The second-order valence-electron chi connectivity index (χ2n) is 7.88. The Balaban J connectivity index is 1.52. The van der Waals surface area contributed by atoms with E-state index in [2.05, 4.69) is 33.9 Å². The maximum absolute atomic E-state index is 12.5. The van der Waals surface area contributed by atoms with Crippen LogP contribution in [0.4, 0.5) is 14.6 Å². The first-order valence-corrected chi connectivity index (χ1v) is 11.3. The number of alkyl halides is 2. The summed E-state index contributed by atoms with van der Waals surface area (Å²) in [6.07, 6.45) is 1.88. The standard InChI is InChI=1S/C19H21F2N5O3S2/c1-18(2)5-10-7-31-17(22)26-19(10,9-28-18)15-25-13(8-30-15)24-14(27)12-4-3-11(6-23-12)29-16(20)21/h3-4,6,8,10,16H,5,7,9H2,1-2H3,(H2,22,26)(H,24,27)/t10-,19-/m1/s1. The molecule has 1 saturated heterocycles. The lowest BCUT2D eigenvalue weighted by molar-refractivity contribution is -0.109. The van der Waals surface area contributed by atoms with Crippen molar-refractivity contribution in [3.05, 3.63) is 34.4 Å². The lowest BCUT2D eigenvalue weighted by Gasteiger charge is -2.47. The zero-order chi connectivity index (χ0) is 22.2. The predicted molar refractivity (Wildman–Crippen MR) is 115 cm³/mol. The van der Waals surface area contributed by atoms with Crippen LogP contribution in [0.25, 0.3) is 0 Å². The fraction of sp³-hybridized carbons (Fsp3) is 0.474. The maximum Gasteiger partial charge on any atom is 0.387 e. The zero-order valence-electron chi connectivity index (χ0n) is 16.8. The summed E-state index contributed by atoms with van der Waals surface area (Å²) in [5.41, 5.74) is 5.16. The molecule has 4 rings (SSSR count). The van der Waals surface area contributed by atoms with Gasteiger partial charge in [-0.25, -0.2) is 15.0 Å². The molecule has 0 aromatic carbocycles. The van der Waals surface area contributed by atoms with Gasteiger partial charge in [-0.1, -0.05) is 11.8 Å². The molecule has 0 aliphatic carbocycles. The van der Waals surface area contributed by atoms with Gasteiger partial charge in [0, 0.05) is 17.1 Å². The van der Waals surface area contributed by atoms with E-state index in [1.54, 1.807) is 5.38 Å². The Kier molecular flexibility index (Phi) is 5.88. The molecule has 1 amide bonds. The van der Waals surface area contributed by atoms with E-state index in [1.807, 2.05) is 0 Å². The van der Waals surface area contributed by atoms with E-state index in [1.165, 1.54) is 35.2 Å². The third-order valence-electron chi connectivity index (χ3n) is 5.15. The molecule has 2 aliphatic rings. The number of pyridine rings is 1. The number of nitrogens with one attached hydrogen (secondary N) is 1. The number of ether oxygens (including phenoxy) is 2. The number of thioether (sulfide) groups is 1. The Bertz CT molecular complexity index is 999. The number of halogens is 2. The number of rotatable bonds is 5. The van der Waals surface area contributed by atoms with Crippen molar-refractivity contribution >= 4 is 40.0 Å². The normalized spacial score (nSPS) is 24.9. The van der Waals surface area contributed by atoms with Crippen LogP contribution in [-0.4, -0.2) is 45.6 Å². The Morgan fingerprint density at radius 1 is 1.42 bits per heavy atom. The summed E-state index contributed by atoms with van der Waals surface area (Å²) < 4.78 is 34.8. The largest absolute Gasteiger partial charge is 0.433 e. The molecule has 0 unspecified atom stereocenters. The zero-order valence-corrected chi connectivity index (χ0v) is 18.4. The minimum absolute atomic E-state index is 0.0475. The van der Waals surface area contributed by atoms with E-state index >= 15 is 0 Å². The Labute approximate surface area is 185 Å². The van der Waals surface area contributed by atoms with Gasteiger partial charge < -0.3 is 20.5 Å². The van der Waals surface area contributed by atoms with Crippen molar-refractivity contribution in [2.75, 3.05) is 17.7 Å². The van der Waals surface area contributed by atoms with Crippen LogP contribution in [0.2, 0.25) is 0 Å². The molecular formula is C19H21F2N5O3S2. The highest BCUT2D eigenvalue weighted by atomic mass is 32.2. The number of carbonyl (C=O) groups excluding carboxylic acids is 1. The maximum atomic E-state index is 12.5. The monoisotopic (exact) mass is 469 g/mol. The summed E-state index contributed by atoms with van der Waals surface area (Å²) in [7, 11) is 0. The van der Waals surface area contributed by atoms with Gasteiger partial charge in [-0.15, -0.1) is 11.3 Å². The van der Waals surface area contributed by atoms with Crippen LogP contribution >= 0.6 is 23.1 Å². The Morgan fingerprint density at radius 3 is 2.94 bits per heavy atom. The first-order chi connectivity index (χ1) is 14.7. The van der Waals surface area contributed by atoms with Crippen LogP contribution in [0.15, 0.2) is 28.7 Å². The predicted octanol–water partition coefficient (Wildman–Crippen LogP) is 3.46. The van der Waals surface area contributed by atoms with Crippen molar-refractivity contribution in [3.8, 4) is 5.75 Å². The van der Waals surface area contributed by atoms with Crippen molar-refractivity contribution in [3.63, 3.8) is 0 Å². The number of anilines is 1. The molecule has 2 atom stereocenters. The summed E-state index contributed by atoms with van der Waals surface area (Å²) in [5.74, 6) is 0.730. The third-order valence-corrected chi connectivity index (χ3v) is 7.11. The topological polar surface area (TPSA) is 112 Å². The van der Waals surface area contributed by atoms with Crippen molar-refractivity contribution in [1.82, 2.24) is 9.97 Å². The fourth-order valence-electron chi connectivity index (χ4n) is 3.66. The van der Waals surface area contributed by atoms with Crippen LogP contribution in [0, 0.1) is 5.92 Å². The highest BCUT2D eigenvalue weighted by molar-refractivity contribution is 8.13. The molecule has 0 radical (unpaired) electrons. The van der Waals surface area contributed by atoms with Gasteiger partial charge in [0.1, 0.15) is 27.8 Å². The molecule has 12 heteroatoms. The second-order valence-corrected chi connectivity index (χ2v) is 9.78. The molecule has 31 heavy (non-hydrogen) atoms. The van der Waals surface area contributed by atoms with Gasteiger partial charge in [-0.3, -0.25) is 4.79 Å². The summed E-state index contributed by atoms with van der Waals surface area (Å²) in [5, 5.41) is 5.62. The van der Waals surface area contributed by atoms with Gasteiger partial charge in [0.15, 0.2) is 5.17 Å². The van der Waals surface area contributed by atoms with Gasteiger partial charge in [0.25, 0.3) is 5.91 Å². The Morgan fingerprint density at radius 2 is 2.23 bits per heavy atom. The number of nitrogens with two attached hydrogens (primary N) is 1.